The molecule has 6 nitrogen and oxygen atoms in total. The van der Waals surface area contributed by atoms with Crippen molar-refractivity contribution in [3.8, 4) is 11.5 Å². The van der Waals surface area contributed by atoms with Crippen molar-refractivity contribution >= 4 is 18.0 Å². The summed E-state index contributed by atoms with van der Waals surface area (Å²) in [5, 5.41) is 11.6. The van der Waals surface area contributed by atoms with E-state index >= 15 is 0 Å². The maximum atomic E-state index is 11.9. The highest BCUT2D eigenvalue weighted by Gasteiger charge is 2.19. The predicted molar refractivity (Wildman–Crippen MR) is 92.2 cm³/mol. The van der Waals surface area contributed by atoms with Gasteiger partial charge in [-0.1, -0.05) is 19.9 Å². The quantitative estimate of drug-likeness (QED) is 0.678. The number of aliphatic carboxylic acids is 1. The van der Waals surface area contributed by atoms with Gasteiger partial charge in [0.15, 0.2) is 11.5 Å². The van der Waals surface area contributed by atoms with E-state index in [2.05, 4.69) is 5.32 Å². The lowest BCUT2D eigenvalue weighted by molar-refractivity contribution is -0.141. The minimum atomic E-state index is -1.03. The SMILES string of the molecule is CCOc1ccc(/C=C/C(=O)NC(CC(C)C)C(=O)O)cc1OC. The molecular weight excluding hydrogens is 310 g/mol. The fourth-order valence-corrected chi connectivity index (χ4v) is 2.15. The van der Waals surface area contributed by atoms with Crippen LogP contribution in [-0.4, -0.2) is 36.7 Å². The third-order valence-corrected chi connectivity index (χ3v) is 3.24. The van der Waals surface area contributed by atoms with Gasteiger partial charge in [-0.2, -0.15) is 0 Å². The van der Waals surface area contributed by atoms with Gasteiger partial charge >= 0.3 is 5.97 Å². The summed E-state index contributed by atoms with van der Waals surface area (Å²) in [4.78, 5) is 23.1. The number of carboxylic acids is 1. The summed E-state index contributed by atoms with van der Waals surface area (Å²) in [7, 11) is 1.54. The van der Waals surface area contributed by atoms with Crippen LogP contribution < -0.4 is 14.8 Å². The monoisotopic (exact) mass is 335 g/mol. The zero-order valence-electron chi connectivity index (χ0n) is 14.5. The van der Waals surface area contributed by atoms with Crippen LogP contribution in [0.1, 0.15) is 32.8 Å². The fraction of sp³-hybridized carbons (Fsp3) is 0.444. The van der Waals surface area contributed by atoms with E-state index in [-0.39, 0.29) is 5.92 Å². The van der Waals surface area contributed by atoms with Gasteiger partial charge in [0.1, 0.15) is 6.04 Å². The molecule has 1 amide bonds. The third kappa shape index (κ3) is 6.32. The molecule has 0 saturated heterocycles. The van der Waals surface area contributed by atoms with Crippen molar-refractivity contribution in [3.05, 3.63) is 29.8 Å². The van der Waals surface area contributed by atoms with Crippen molar-refractivity contribution in [3.63, 3.8) is 0 Å². The van der Waals surface area contributed by atoms with Crippen LogP contribution in [0.3, 0.4) is 0 Å². The first-order chi connectivity index (χ1) is 11.4. The zero-order chi connectivity index (χ0) is 18.1. The Labute approximate surface area is 142 Å². The number of methoxy groups -OCH3 is 1. The number of hydrogen-bond donors (Lipinski definition) is 2. The molecule has 1 aromatic rings. The number of carbonyl (C=O) groups is 2. The molecule has 0 aromatic heterocycles. The van der Waals surface area contributed by atoms with E-state index in [1.165, 1.54) is 6.08 Å². The molecule has 0 heterocycles. The van der Waals surface area contributed by atoms with Crippen molar-refractivity contribution in [2.75, 3.05) is 13.7 Å². The molecule has 0 aliphatic carbocycles. The highest BCUT2D eigenvalue weighted by Crippen LogP contribution is 2.28. The van der Waals surface area contributed by atoms with Crippen molar-refractivity contribution in [1.82, 2.24) is 5.32 Å². The van der Waals surface area contributed by atoms with Crippen LogP contribution in [0.5, 0.6) is 11.5 Å². The number of carboxylic acid groups (broad SMARTS) is 1. The van der Waals surface area contributed by atoms with Crippen LogP contribution in [0, 0.1) is 5.92 Å². The number of rotatable bonds is 9. The molecule has 1 atom stereocenters. The Morgan fingerprint density at radius 1 is 1.29 bits per heavy atom. The lowest BCUT2D eigenvalue weighted by Gasteiger charge is -2.15. The predicted octanol–water partition coefficient (Wildman–Crippen LogP) is 2.72. The summed E-state index contributed by atoms with van der Waals surface area (Å²) >= 11 is 0. The van der Waals surface area contributed by atoms with Gasteiger partial charge in [-0.25, -0.2) is 4.79 Å². The summed E-state index contributed by atoms with van der Waals surface area (Å²) in [6, 6.07) is 4.41. The van der Waals surface area contributed by atoms with E-state index < -0.39 is 17.9 Å². The number of hydrogen-bond acceptors (Lipinski definition) is 4. The number of carbonyl (C=O) groups excluding carboxylic acids is 1. The lowest BCUT2D eigenvalue weighted by atomic mass is 10.0. The molecule has 0 bridgehead atoms. The molecule has 24 heavy (non-hydrogen) atoms. The van der Waals surface area contributed by atoms with Crippen molar-refractivity contribution < 1.29 is 24.2 Å². The van der Waals surface area contributed by atoms with Crippen molar-refractivity contribution in [2.24, 2.45) is 5.92 Å². The minimum Gasteiger partial charge on any atom is -0.493 e. The molecule has 2 N–H and O–H groups in total. The van der Waals surface area contributed by atoms with Crippen molar-refractivity contribution in [2.45, 2.75) is 33.2 Å². The molecule has 1 aromatic carbocycles. The Morgan fingerprint density at radius 3 is 2.54 bits per heavy atom. The maximum absolute atomic E-state index is 11.9. The summed E-state index contributed by atoms with van der Waals surface area (Å²) in [5.41, 5.74) is 0.751. The largest absolute Gasteiger partial charge is 0.493 e. The van der Waals surface area contributed by atoms with E-state index in [1.54, 1.807) is 31.4 Å². The summed E-state index contributed by atoms with van der Waals surface area (Å²) in [6.07, 6.45) is 3.29. The zero-order valence-corrected chi connectivity index (χ0v) is 14.5. The number of ether oxygens (including phenoxy) is 2. The molecule has 0 spiro atoms. The Morgan fingerprint density at radius 2 is 2.00 bits per heavy atom. The fourth-order valence-electron chi connectivity index (χ4n) is 2.15. The second-order valence-corrected chi connectivity index (χ2v) is 5.71. The Hall–Kier alpha value is -2.50. The third-order valence-electron chi connectivity index (χ3n) is 3.24. The van der Waals surface area contributed by atoms with Crippen LogP contribution in [-0.2, 0) is 9.59 Å². The Bertz CT molecular complexity index is 595. The standard InChI is InChI=1S/C18H25NO5/c1-5-24-15-8-6-13(11-16(15)23-4)7-9-17(20)19-14(18(21)22)10-12(2)3/h6-9,11-12,14H,5,10H2,1-4H3,(H,19,20)(H,21,22)/b9-7+. The second-order valence-electron chi connectivity index (χ2n) is 5.71. The average molecular weight is 335 g/mol. The highest BCUT2D eigenvalue weighted by atomic mass is 16.5. The van der Waals surface area contributed by atoms with Gasteiger partial charge in [0, 0.05) is 6.08 Å². The van der Waals surface area contributed by atoms with Gasteiger partial charge in [-0.3, -0.25) is 4.79 Å². The van der Waals surface area contributed by atoms with Crippen molar-refractivity contribution in [1.29, 1.82) is 0 Å². The Kier molecular flexibility index (Phi) is 7.82. The molecular formula is C18H25NO5. The van der Waals surface area contributed by atoms with E-state index in [0.717, 1.165) is 5.56 Å². The Balaban J connectivity index is 2.77. The molecule has 0 aliphatic rings. The van der Waals surface area contributed by atoms with E-state index in [0.29, 0.717) is 24.5 Å². The van der Waals surface area contributed by atoms with E-state index in [9.17, 15) is 9.59 Å². The second kappa shape index (κ2) is 9.60. The normalized spacial score (nSPS) is 12.2. The van der Waals surface area contributed by atoms with Crippen LogP contribution in [0.2, 0.25) is 0 Å². The van der Waals surface area contributed by atoms with Crippen LogP contribution >= 0.6 is 0 Å². The number of nitrogens with one attached hydrogen (secondary N) is 1. The minimum absolute atomic E-state index is 0.172. The van der Waals surface area contributed by atoms with E-state index in [4.69, 9.17) is 14.6 Å². The van der Waals surface area contributed by atoms with Gasteiger partial charge < -0.3 is 19.9 Å². The molecule has 0 saturated carbocycles. The maximum Gasteiger partial charge on any atom is 0.326 e. The van der Waals surface area contributed by atoms with Gasteiger partial charge in [-0.15, -0.1) is 0 Å². The summed E-state index contributed by atoms with van der Waals surface area (Å²) < 4.78 is 10.7. The first-order valence-electron chi connectivity index (χ1n) is 7.89. The molecule has 0 radical (unpaired) electrons. The van der Waals surface area contributed by atoms with Gasteiger partial charge in [0.25, 0.3) is 0 Å². The van der Waals surface area contributed by atoms with Crippen LogP contribution in [0.15, 0.2) is 24.3 Å². The van der Waals surface area contributed by atoms with Gasteiger partial charge in [0.2, 0.25) is 5.91 Å². The van der Waals surface area contributed by atoms with Crippen LogP contribution in [0.25, 0.3) is 6.08 Å². The molecule has 132 valence electrons. The molecule has 0 aliphatic heterocycles. The van der Waals surface area contributed by atoms with E-state index in [1.807, 2.05) is 20.8 Å². The molecule has 1 rings (SSSR count). The average Bonchev–Trinajstić information content (AvgIpc) is 2.53. The van der Waals surface area contributed by atoms with Gasteiger partial charge in [-0.05, 0) is 43.0 Å². The van der Waals surface area contributed by atoms with Crippen LogP contribution in [0.4, 0.5) is 0 Å². The van der Waals surface area contributed by atoms with Gasteiger partial charge in [0.05, 0.1) is 13.7 Å². The summed E-state index contributed by atoms with van der Waals surface area (Å²) in [6.45, 7) is 6.22. The number of amides is 1. The lowest BCUT2D eigenvalue weighted by Crippen LogP contribution is -2.40. The topological polar surface area (TPSA) is 84.9 Å². The molecule has 0 fully saturated rings. The number of benzene rings is 1. The summed E-state index contributed by atoms with van der Waals surface area (Å²) in [5.74, 6) is -0.109. The molecule has 1 unspecified atom stereocenters. The highest BCUT2D eigenvalue weighted by molar-refractivity contribution is 5.94. The first-order valence-corrected chi connectivity index (χ1v) is 7.89. The first kappa shape index (κ1) is 19.5. The smallest absolute Gasteiger partial charge is 0.326 e. The molecule has 6 heteroatoms.